The lowest BCUT2D eigenvalue weighted by Gasteiger charge is -2.21. The molecule has 0 aromatic heterocycles. The Balaban J connectivity index is 2.10. The Bertz CT molecular complexity index is 574. The molecule has 0 bridgehead atoms. The summed E-state index contributed by atoms with van der Waals surface area (Å²) in [5.41, 5.74) is 4.54. The van der Waals surface area contributed by atoms with E-state index in [1.807, 2.05) is 25.1 Å². The van der Waals surface area contributed by atoms with Gasteiger partial charge in [0.25, 0.3) is 0 Å². The molecule has 106 valence electrons. The molecule has 1 unspecified atom stereocenters. The second-order valence-corrected chi connectivity index (χ2v) is 5.58. The lowest BCUT2D eigenvalue weighted by molar-refractivity contribution is 0.438. The predicted octanol–water partition coefficient (Wildman–Crippen LogP) is 4.42. The van der Waals surface area contributed by atoms with Gasteiger partial charge >= 0.3 is 0 Å². The van der Waals surface area contributed by atoms with E-state index in [-0.39, 0.29) is 12.1 Å². The molecule has 0 amide bonds. The number of hydrogen-bond donors (Lipinski definition) is 2. The zero-order valence-corrected chi connectivity index (χ0v) is 12.6. The van der Waals surface area contributed by atoms with Crippen LogP contribution in [0.15, 0.2) is 42.5 Å². The molecule has 0 spiro atoms. The summed E-state index contributed by atoms with van der Waals surface area (Å²) in [5, 5.41) is 13.6. The normalized spacial score (nSPS) is 14.0. The smallest absolute Gasteiger partial charge is 0.120 e. The standard InChI is InChI=1S/C18H23NO/c1-12-5-8-16(9-6-12)14(3)19-15(4)17-10-7-13(2)11-18(17)20/h5-11,14-15,19-20H,1-4H3/t14-,15?/m0/s1. The monoisotopic (exact) mass is 269 g/mol. The first-order chi connectivity index (χ1) is 9.47. The summed E-state index contributed by atoms with van der Waals surface area (Å²) in [4.78, 5) is 0. The number of phenols is 1. The summed E-state index contributed by atoms with van der Waals surface area (Å²) in [6.07, 6.45) is 0. The molecule has 0 fully saturated rings. The van der Waals surface area contributed by atoms with Crippen molar-refractivity contribution in [2.75, 3.05) is 0 Å². The molecular weight excluding hydrogens is 246 g/mol. The van der Waals surface area contributed by atoms with Crippen LogP contribution in [0.3, 0.4) is 0 Å². The molecule has 2 N–H and O–H groups in total. The molecule has 2 atom stereocenters. The van der Waals surface area contributed by atoms with E-state index in [0.29, 0.717) is 5.75 Å². The largest absolute Gasteiger partial charge is 0.508 e. The summed E-state index contributed by atoms with van der Waals surface area (Å²) in [6, 6.07) is 14.7. The Morgan fingerprint density at radius 2 is 1.45 bits per heavy atom. The average Bonchev–Trinajstić information content (AvgIpc) is 2.39. The highest BCUT2D eigenvalue weighted by molar-refractivity contribution is 5.38. The van der Waals surface area contributed by atoms with E-state index in [9.17, 15) is 5.11 Å². The van der Waals surface area contributed by atoms with Gasteiger partial charge in [0, 0.05) is 17.6 Å². The maximum Gasteiger partial charge on any atom is 0.120 e. The number of nitrogens with one attached hydrogen (secondary N) is 1. The summed E-state index contributed by atoms with van der Waals surface area (Å²) in [6.45, 7) is 8.30. The minimum atomic E-state index is 0.104. The van der Waals surface area contributed by atoms with Crippen LogP contribution in [0.2, 0.25) is 0 Å². The molecule has 2 aromatic carbocycles. The van der Waals surface area contributed by atoms with E-state index in [4.69, 9.17) is 0 Å². The third-order valence-electron chi connectivity index (χ3n) is 3.73. The van der Waals surface area contributed by atoms with Crippen LogP contribution >= 0.6 is 0 Å². The fourth-order valence-electron chi connectivity index (χ4n) is 2.44. The first kappa shape index (κ1) is 14.6. The van der Waals surface area contributed by atoms with Crippen LogP contribution in [-0.4, -0.2) is 5.11 Å². The Morgan fingerprint density at radius 3 is 2.05 bits per heavy atom. The quantitative estimate of drug-likeness (QED) is 0.861. The van der Waals surface area contributed by atoms with Crippen molar-refractivity contribution in [3.63, 3.8) is 0 Å². The molecule has 0 saturated heterocycles. The van der Waals surface area contributed by atoms with Crippen LogP contribution in [0.5, 0.6) is 5.75 Å². The predicted molar refractivity (Wildman–Crippen MR) is 84.0 cm³/mol. The van der Waals surface area contributed by atoms with E-state index in [1.54, 1.807) is 0 Å². The fourth-order valence-corrected chi connectivity index (χ4v) is 2.44. The van der Waals surface area contributed by atoms with E-state index in [1.165, 1.54) is 11.1 Å². The summed E-state index contributed by atoms with van der Waals surface area (Å²) in [5.74, 6) is 0.362. The number of rotatable bonds is 4. The van der Waals surface area contributed by atoms with Gasteiger partial charge in [0.15, 0.2) is 0 Å². The second kappa shape index (κ2) is 6.10. The Labute approximate surface area is 121 Å². The topological polar surface area (TPSA) is 32.3 Å². The lowest BCUT2D eigenvalue weighted by Crippen LogP contribution is -2.22. The minimum absolute atomic E-state index is 0.104. The Kier molecular flexibility index (Phi) is 4.46. The lowest BCUT2D eigenvalue weighted by atomic mass is 10.0. The van der Waals surface area contributed by atoms with E-state index in [0.717, 1.165) is 11.1 Å². The van der Waals surface area contributed by atoms with Gasteiger partial charge in [-0.15, -0.1) is 0 Å². The molecule has 0 saturated carbocycles. The van der Waals surface area contributed by atoms with Gasteiger partial charge in [-0.3, -0.25) is 0 Å². The Hall–Kier alpha value is -1.80. The van der Waals surface area contributed by atoms with Crippen LogP contribution in [0.25, 0.3) is 0 Å². The van der Waals surface area contributed by atoms with Gasteiger partial charge in [-0.1, -0.05) is 42.0 Å². The molecule has 0 aliphatic rings. The average molecular weight is 269 g/mol. The van der Waals surface area contributed by atoms with Crippen LogP contribution in [0, 0.1) is 13.8 Å². The molecule has 0 aliphatic heterocycles. The number of benzene rings is 2. The number of hydrogen-bond acceptors (Lipinski definition) is 2. The second-order valence-electron chi connectivity index (χ2n) is 5.58. The molecule has 2 nitrogen and oxygen atoms in total. The van der Waals surface area contributed by atoms with Gasteiger partial charge in [0.05, 0.1) is 0 Å². The third kappa shape index (κ3) is 3.40. The van der Waals surface area contributed by atoms with Crippen molar-refractivity contribution in [2.24, 2.45) is 0 Å². The van der Waals surface area contributed by atoms with Crippen molar-refractivity contribution in [2.45, 2.75) is 39.8 Å². The molecule has 0 heterocycles. The first-order valence-electron chi connectivity index (χ1n) is 7.09. The van der Waals surface area contributed by atoms with E-state index >= 15 is 0 Å². The van der Waals surface area contributed by atoms with Crippen molar-refractivity contribution < 1.29 is 5.11 Å². The molecule has 0 radical (unpaired) electrons. The minimum Gasteiger partial charge on any atom is -0.508 e. The molecule has 2 rings (SSSR count). The molecule has 2 aromatic rings. The van der Waals surface area contributed by atoms with Crippen LogP contribution in [0.1, 0.15) is 48.2 Å². The molecule has 2 heteroatoms. The van der Waals surface area contributed by atoms with Crippen LogP contribution < -0.4 is 5.32 Å². The Morgan fingerprint density at radius 1 is 0.850 bits per heavy atom. The third-order valence-corrected chi connectivity index (χ3v) is 3.73. The highest BCUT2D eigenvalue weighted by Gasteiger charge is 2.14. The maximum atomic E-state index is 10.0. The zero-order valence-electron chi connectivity index (χ0n) is 12.6. The van der Waals surface area contributed by atoms with Gasteiger partial charge in [-0.05, 0) is 44.9 Å². The van der Waals surface area contributed by atoms with Gasteiger partial charge in [0.2, 0.25) is 0 Å². The summed E-state index contributed by atoms with van der Waals surface area (Å²) in [7, 11) is 0. The molecule has 0 aliphatic carbocycles. The first-order valence-corrected chi connectivity index (χ1v) is 7.09. The van der Waals surface area contributed by atoms with Crippen molar-refractivity contribution in [1.82, 2.24) is 5.32 Å². The van der Waals surface area contributed by atoms with Gasteiger partial charge < -0.3 is 10.4 Å². The number of phenolic OH excluding ortho intramolecular Hbond substituents is 1. The summed E-state index contributed by atoms with van der Waals surface area (Å²) >= 11 is 0. The summed E-state index contributed by atoms with van der Waals surface area (Å²) < 4.78 is 0. The zero-order chi connectivity index (χ0) is 14.7. The van der Waals surface area contributed by atoms with E-state index < -0.39 is 0 Å². The molecule has 20 heavy (non-hydrogen) atoms. The van der Waals surface area contributed by atoms with Crippen molar-refractivity contribution in [1.29, 1.82) is 0 Å². The number of aryl methyl sites for hydroxylation is 2. The highest BCUT2D eigenvalue weighted by atomic mass is 16.3. The van der Waals surface area contributed by atoms with Gasteiger partial charge in [-0.2, -0.15) is 0 Å². The van der Waals surface area contributed by atoms with Gasteiger partial charge in [0.1, 0.15) is 5.75 Å². The van der Waals surface area contributed by atoms with Gasteiger partial charge in [-0.25, -0.2) is 0 Å². The SMILES string of the molecule is Cc1ccc([C@H](C)NC(C)c2ccc(C)cc2O)cc1. The highest BCUT2D eigenvalue weighted by Crippen LogP contribution is 2.27. The fraction of sp³-hybridized carbons (Fsp3) is 0.333. The van der Waals surface area contributed by atoms with Crippen LogP contribution in [0.4, 0.5) is 0 Å². The molecular formula is C18H23NO. The van der Waals surface area contributed by atoms with Crippen molar-refractivity contribution in [3.8, 4) is 5.75 Å². The maximum absolute atomic E-state index is 10.0. The van der Waals surface area contributed by atoms with Crippen molar-refractivity contribution >= 4 is 0 Å². The van der Waals surface area contributed by atoms with Crippen molar-refractivity contribution in [3.05, 3.63) is 64.7 Å². The number of aromatic hydroxyl groups is 1. The van der Waals surface area contributed by atoms with Crippen LogP contribution in [-0.2, 0) is 0 Å². The van der Waals surface area contributed by atoms with E-state index in [2.05, 4.69) is 50.4 Å².